The molecule has 2 heterocycles. The molecule has 1 fully saturated rings. The monoisotopic (exact) mass is 298 g/mol. The number of pyridine rings is 1. The third kappa shape index (κ3) is 2.29. The van der Waals surface area contributed by atoms with Crippen molar-refractivity contribution in [3.05, 3.63) is 32.2 Å². The summed E-state index contributed by atoms with van der Waals surface area (Å²) in [7, 11) is 0. The Kier molecular flexibility index (Phi) is 3.38. The van der Waals surface area contributed by atoms with Gasteiger partial charge >= 0.3 is 0 Å². The molecule has 1 aromatic rings. The van der Waals surface area contributed by atoms with E-state index in [9.17, 15) is 9.59 Å². The van der Waals surface area contributed by atoms with E-state index in [2.05, 4.69) is 20.9 Å². The predicted molar refractivity (Wildman–Crippen MR) is 69.2 cm³/mol. The van der Waals surface area contributed by atoms with Gasteiger partial charge in [0.05, 0.1) is 0 Å². The lowest BCUT2D eigenvalue weighted by Crippen LogP contribution is -2.37. The van der Waals surface area contributed by atoms with Crippen LogP contribution >= 0.6 is 15.9 Å². The van der Waals surface area contributed by atoms with Gasteiger partial charge in [-0.25, -0.2) is 0 Å². The van der Waals surface area contributed by atoms with Gasteiger partial charge in [0.2, 0.25) is 0 Å². The van der Waals surface area contributed by atoms with E-state index in [1.54, 1.807) is 17.9 Å². The van der Waals surface area contributed by atoms with Crippen molar-refractivity contribution in [2.45, 2.75) is 32.7 Å². The second kappa shape index (κ2) is 4.64. The van der Waals surface area contributed by atoms with Crippen LogP contribution in [-0.2, 0) is 0 Å². The maximum atomic E-state index is 12.2. The molecule has 0 bridgehead atoms. The van der Waals surface area contributed by atoms with Crippen LogP contribution in [-0.4, -0.2) is 28.4 Å². The van der Waals surface area contributed by atoms with E-state index in [-0.39, 0.29) is 23.1 Å². The minimum absolute atomic E-state index is 0.169. The fraction of sp³-hybridized carbons (Fsp3) is 0.500. The van der Waals surface area contributed by atoms with Gasteiger partial charge < -0.3 is 9.88 Å². The van der Waals surface area contributed by atoms with Gasteiger partial charge in [-0.3, -0.25) is 9.59 Å². The number of H-pyrrole nitrogens is 1. The molecule has 17 heavy (non-hydrogen) atoms. The van der Waals surface area contributed by atoms with Crippen molar-refractivity contribution in [1.82, 2.24) is 9.88 Å². The second-order valence-corrected chi connectivity index (χ2v) is 5.33. The first kappa shape index (κ1) is 12.4. The SMILES string of the molecule is Cc1[nH]c(=O)c(C(=O)N2CCC[C@@H]2C)cc1Br. The number of aryl methyl sites for hydroxylation is 1. The highest BCUT2D eigenvalue weighted by Gasteiger charge is 2.27. The fourth-order valence-corrected chi connectivity index (χ4v) is 2.47. The first-order valence-electron chi connectivity index (χ1n) is 5.71. The lowest BCUT2D eigenvalue weighted by atomic mass is 10.2. The summed E-state index contributed by atoms with van der Waals surface area (Å²) in [5.41, 5.74) is 0.645. The predicted octanol–water partition coefficient (Wildman–Crippen LogP) is 2.07. The first-order valence-corrected chi connectivity index (χ1v) is 6.50. The molecule has 2 rings (SSSR count). The second-order valence-electron chi connectivity index (χ2n) is 4.47. The number of carbonyl (C=O) groups is 1. The number of nitrogens with one attached hydrogen (secondary N) is 1. The van der Waals surface area contributed by atoms with Gasteiger partial charge in [-0.15, -0.1) is 0 Å². The van der Waals surface area contributed by atoms with Gasteiger partial charge in [0.25, 0.3) is 11.5 Å². The largest absolute Gasteiger partial charge is 0.336 e. The molecule has 0 radical (unpaired) electrons. The van der Waals surface area contributed by atoms with E-state index < -0.39 is 0 Å². The molecule has 0 spiro atoms. The first-order chi connectivity index (χ1) is 8.00. The molecule has 1 atom stereocenters. The number of aromatic amines is 1. The number of aromatic nitrogens is 1. The number of nitrogens with zero attached hydrogens (tertiary/aromatic N) is 1. The zero-order chi connectivity index (χ0) is 12.6. The fourth-order valence-electron chi connectivity index (χ4n) is 2.15. The minimum Gasteiger partial charge on any atom is -0.336 e. The molecule has 4 nitrogen and oxygen atoms in total. The van der Waals surface area contributed by atoms with E-state index in [0.717, 1.165) is 29.6 Å². The number of hydrogen-bond acceptors (Lipinski definition) is 2. The van der Waals surface area contributed by atoms with Gasteiger partial charge in [0.15, 0.2) is 0 Å². The molecule has 1 N–H and O–H groups in total. The number of rotatable bonds is 1. The number of likely N-dealkylation sites (tertiary alicyclic amines) is 1. The molecule has 0 aliphatic carbocycles. The Bertz CT molecular complexity index is 510. The van der Waals surface area contributed by atoms with Gasteiger partial charge in [-0.1, -0.05) is 0 Å². The Balaban J connectivity index is 2.37. The standard InChI is InChI=1S/C12H15BrN2O2/c1-7-4-3-5-15(7)12(17)9-6-10(13)8(2)14-11(9)16/h6-7H,3-5H2,1-2H3,(H,14,16)/t7-/m0/s1. The quantitative estimate of drug-likeness (QED) is 0.863. The molecule has 0 saturated carbocycles. The summed E-state index contributed by atoms with van der Waals surface area (Å²) >= 11 is 3.33. The molecule has 1 aromatic heterocycles. The molecule has 1 aliphatic heterocycles. The summed E-state index contributed by atoms with van der Waals surface area (Å²) in [5, 5.41) is 0. The zero-order valence-electron chi connectivity index (χ0n) is 9.92. The van der Waals surface area contributed by atoms with Gasteiger partial charge in [0, 0.05) is 22.8 Å². The van der Waals surface area contributed by atoms with Crippen LogP contribution in [0, 0.1) is 6.92 Å². The van der Waals surface area contributed by atoms with Gasteiger partial charge in [-0.2, -0.15) is 0 Å². The molecule has 1 saturated heterocycles. The average molecular weight is 299 g/mol. The Labute approximate surface area is 108 Å². The van der Waals surface area contributed by atoms with Crippen molar-refractivity contribution in [3.63, 3.8) is 0 Å². The van der Waals surface area contributed by atoms with Crippen molar-refractivity contribution >= 4 is 21.8 Å². The van der Waals surface area contributed by atoms with E-state index >= 15 is 0 Å². The number of hydrogen-bond donors (Lipinski definition) is 1. The van der Waals surface area contributed by atoms with E-state index in [1.165, 1.54) is 0 Å². The highest BCUT2D eigenvalue weighted by atomic mass is 79.9. The lowest BCUT2D eigenvalue weighted by Gasteiger charge is -2.21. The van der Waals surface area contributed by atoms with Crippen molar-refractivity contribution in [1.29, 1.82) is 0 Å². The Morgan fingerprint density at radius 3 is 2.88 bits per heavy atom. The van der Waals surface area contributed by atoms with Gasteiger partial charge in [0.1, 0.15) is 5.56 Å². The summed E-state index contributed by atoms with van der Waals surface area (Å²) < 4.78 is 0.757. The van der Waals surface area contributed by atoms with Crippen LogP contribution in [0.1, 0.15) is 35.8 Å². The summed E-state index contributed by atoms with van der Waals surface area (Å²) in [4.78, 5) is 28.4. The summed E-state index contributed by atoms with van der Waals surface area (Å²) in [6, 6.07) is 1.84. The van der Waals surface area contributed by atoms with E-state index in [0.29, 0.717) is 0 Å². The molecule has 1 aliphatic rings. The third-order valence-electron chi connectivity index (χ3n) is 3.22. The molecule has 5 heteroatoms. The maximum Gasteiger partial charge on any atom is 0.261 e. The van der Waals surface area contributed by atoms with E-state index in [1.807, 2.05) is 6.92 Å². The zero-order valence-corrected chi connectivity index (χ0v) is 11.5. The molecule has 0 unspecified atom stereocenters. The van der Waals surface area contributed by atoms with Crippen LogP contribution in [0.2, 0.25) is 0 Å². The highest BCUT2D eigenvalue weighted by Crippen LogP contribution is 2.20. The Morgan fingerprint density at radius 2 is 2.29 bits per heavy atom. The topological polar surface area (TPSA) is 53.2 Å². The number of halogens is 1. The molecule has 92 valence electrons. The minimum atomic E-state index is -0.310. The highest BCUT2D eigenvalue weighted by molar-refractivity contribution is 9.10. The summed E-state index contributed by atoms with van der Waals surface area (Å²) in [6.07, 6.45) is 2.02. The molecule has 1 amide bonds. The van der Waals surface area contributed by atoms with Crippen LogP contribution in [0.5, 0.6) is 0 Å². The van der Waals surface area contributed by atoms with E-state index in [4.69, 9.17) is 0 Å². The summed E-state index contributed by atoms with van der Waals surface area (Å²) in [5.74, 6) is -0.169. The number of carbonyl (C=O) groups excluding carboxylic acids is 1. The molecule has 0 aromatic carbocycles. The van der Waals surface area contributed by atoms with Crippen LogP contribution in [0.4, 0.5) is 0 Å². The number of amides is 1. The Hall–Kier alpha value is -1.10. The van der Waals surface area contributed by atoms with Crippen LogP contribution in [0.15, 0.2) is 15.3 Å². The Morgan fingerprint density at radius 1 is 1.59 bits per heavy atom. The van der Waals surface area contributed by atoms with Gasteiger partial charge in [-0.05, 0) is 48.7 Å². The van der Waals surface area contributed by atoms with Crippen LogP contribution in [0.3, 0.4) is 0 Å². The van der Waals surface area contributed by atoms with Crippen LogP contribution < -0.4 is 5.56 Å². The van der Waals surface area contributed by atoms with Crippen molar-refractivity contribution in [2.24, 2.45) is 0 Å². The van der Waals surface area contributed by atoms with Crippen molar-refractivity contribution < 1.29 is 4.79 Å². The van der Waals surface area contributed by atoms with Crippen molar-refractivity contribution in [2.75, 3.05) is 6.54 Å². The smallest absolute Gasteiger partial charge is 0.261 e. The average Bonchev–Trinajstić information content (AvgIpc) is 2.69. The summed E-state index contributed by atoms with van der Waals surface area (Å²) in [6.45, 7) is 4.55. The molecular formula is C12H15BrN2O2. The van der Waals surface area contributed by atoms with Crippen LogP contribution in [0.25, 0.3) is 0 Å². The normalized spacial score (nSPS) is 19.7. The molecular weight excluding hydrogens is 284 g/mol. The van der Waals surface area contributed by atoms with Crippen molar-refractivity contribution in [3.8, 4) is 0 Å². The maximum absolute atomic E-state index is 12.2. The lowest BCUT2D eigenvalue weighted by molar-refractivity contribution is 0.0745. The third-order valence-corrected chi connectivity index (χ3v) is 4.04.